The molecule has 0 amide bonds. The Bertz CT molecular complexity index is 300. The number of hydrogen-bond donors (Lipinski definition) is 1. The lowest BCUT2D eigenvalue weighted by Crippen LogP contribution is -2.48. The summed E-state index contributed by atoms with van der Waals surface area (Å²) in [7, 11) is 0. The van der Waals surface area contributed by atoms with Crippen LogP contribution < -0.4 is 5.32 Å². The van der Waals surface area contributed by atoms with Gasteiger partial charge in [-0.1, -0.05) is 13.8 Å². The maximum absolute atomic E-state index is 12.8. The van der Waals surface area contributed by atoms with Crippen molar-refractivity contribution in [1.82, 2.24) is 5.32 Å². The van der Waals surface area contributed by atoms with E-state index in [1.54, 1.807) is 0 Å². The third-order valence-corrected chi connectivity index (χ3v) is 3.55. The maximum atomic E-state index is 12.8. The molecular formula is C13H22F5NO. The van der Waals surface area contributed by atoms with E-state index in [0.717, 1.165) is 13.0 Å². The first-order chi connectivity index (χ1) is 9.08. The van der Waals surface area contributed by atoms with Crippen molar-refractivity contribution in [2.45, 2.75) is 57.2 Å². The van der Waals surface area contributed by atoms with Crippen LogP contribution in [0.5, 0.6) is 0 Å². The highest BCUT2D eigenvalue weighted by Crippen LogP contribution is 2.42. The smallest absolute Gasteiger partial charge is 0.368 e. The molecule has 2 nitrogen and oxygen atoms in total. The number of alkyl halides is 5. The van der Waals surface area contributed by atoms with Gasteiger partial charge in [0, 0.05) is 0 Å². The minimum Gasteiger partial charge on any atom is -0.368 e. The fourth-order valence-corrected chi connectivity index (χ4v) is 2.07. The van der Waals surface area contributed by atoms with Crippen LogP contribution in [0.1, 0.15) is 39.5 Å². The van der Waals surface area contributed by atoms with Crippen LogP contribution in [0.3, 0.4) is 0 Å². The number of hydrogen-bond acceptors (Lipinski definition) is 2. The number of halogens is 5. The molecule has 0 bridgehead atoms. The van der Waals surface area contributed by atoms with E-state index < -0.39 is 24.3 Å². The van der Waals surface area contributed by atoms with Gasteiger partial charge in [0.05, 0.1) is 5.60 Å². The second kappa shape index (κ2) is 6.56. The molecule has 1 saturated carbocycles. The van der Waals surface area contributed by atoms with Crippen LogP contribution in [0.2, 0.25) is 0 Å². The van der Waals surface area contributed by atoms with E-state index in [-0.39, 0.29) is 0 Å². The average molecular weight is 303 g/mol. The van der Waals surface area contributed by atoms with E-state index in [2.05, 4.69) is 5.32 Å². The topological polar surface area (TPSA) is 21.3 Å². The first-order valence-corrected chi connectivity index (χ1v) is 6.87. The Morgan fingerprint density at radius 3 is 2.15 bits per heavy atom. The molecule has 1 rings (SSSR count). The highest BCUT2D eigenvalue weighted by atomic mass is 19.4. The SMILES string of the molecule is CC(C)CNCCC1(OCC(F)(F)C(F)(F)F)CCC1. The van der Waals surface area contributed by atoms with Gasteiger partial charge in [-0.2, -0.15) is 22.0 Å². The van der Waals surface area contributed by atoms with Crippen LogP contribution in [0.15, 0.2) is 0 Å². The Morgan fingerprint density at radius 2 is 1.75 bits per heavy atom. The molecule has 120 valence electrons. The summed E-state index contributed by atoms with van der Waals surface area (Å²) in [6.07, 6.45) is -3.18. The molecule has 7 heteroatoms. The molecule has 1 aliphatic carbocycles. The van der Waals surface area contributed by atoms with E-state index in [0.29, 0.717) is 31.7 Å². The molecule has 20 heavy (non-hydrogen) atoms. The van der Waals surface area contributed by atoms with E-state index >= 15 is 0 Å². The molecule has 0 aliphatic heterocycles. The van der Waals surface area contributed by atoms with Crippen LogP contribution in [0.4, 0.5) is 22.0 Å². The molecule has 0 atom stereocenters. The lowest BCUT2D eigenvalue weighted by atomic mass is 9.77. The van der Waals surface area contributed by atoms with Gasteiger partial charge in [0.1, 0.15) is 6.61 Å². The van der Waals surface area contributed by atoms with Gasteiger partial charge < -0.3 is 10.1 Å². The molecule has 0 spiro atoms. The van der Waals surface area contributed by atoms with E-state index in [1.165, 1.54) is 0 Å². The van der Waals surface area contributed by atoms with Crippen molar-refractivity contribution in [1.29, 1.82) is 0 Å². The van der Waals surface area contributed by atoms with Crippen LogP contribution in [0.25, 0.3) is 0 Å². The Balaban J connectivity index is 2.38. The second-order valence-corrected chi connectivity index (χ2v) is 5.88. The van der Waals surface area contributed by atoms with Gasteiger partial charge >= 0.3 is 12.1 Å². The van der Waals surface area contributed by atoms with Crippen molar-refractivity contribution < 1.29 is 26.7 Å². The zero-order valence-corrected chi connectivity index (χ0v) is 11.8. The lowest BCUT2D eigenvalue weighted by Gasteiger charge is -2.42. The van der Waals surface area contributed by atoms with Gasteiger partial charge in [-0.15, -0.1) is 0 Å². The Morgan fingerprint density at radius 1 is 1.15 bits per heavy atom. The first kappa shape index (κ1) is 17.6. The van der Waals surface area contributed by atoms with Crippen molar-refractivity contribution in [2.24, 2.45) is 5.92 Å². The molecule has 0 aromatic heterocycles. The molecule has 1 aliphatic rings. The minimum atomic E-state index is -5.55. The molecule has 0 saturated heterocycles. The highest BCUT2D eigenvalue weighted by Gasteiger charge is 2.58. The average Bonchev–Trinajstić information content (AvgIpc) is 2.24. The standard InChI is InChI=1S/C13H22F5NO/c1-10(2)8-19-7-6-11(4-3-5-11)20-9-12(14,15)13(16,17)18/h10,19H,3-9H2,1-2H3. The molecule has 0 aromatic carbocycles. The molecule has 0 radical (unpaired) electrons. The Hall–Kier alpha value is -0.430. The van der Waals surface area contributed by atoms with Gasteiger partial charge in [-0.3, -0.25) is 0 Å². The summed E-state index contributed by atoms with van der Waals surface area (Å²) in [4.78, 5) is 0. The zero-order valence-electron chi connectivity index (χ0n) is 11.8. The van der Waals surface area contributed by atoms with E-state index in [4.69, 9.17) is 4.74 Å². The van der Waals surface area contributed by atoms with Gasteiger partial charge in [-0.25, -0.2) is 0 Å². The summed E-state index contributed by atoms with van der Waals surface area (Å²) in [5, 5.41) is 3.15. The summed E-state index contributed by atoms with van der Waals surface area (Å²) in [6.45, 7) is 3.84. The number of rotatable bonds is 8. The quantitative estimate of drug-likeness (QED) is 0.544. The summed E-state index contributed by atoms with van der Waals surface area (Å²) in [5.41, 5.74) is -0.807. The molecule has 1 N–H and O–H groups in total. The largest absolute Gasteiger partial charge is 0.455 e. The van der Waals surface area contributed by atoms with Crippen LogP contribution in [0, 0.1) is 5.92 Å². The van der Waals surface area contributed by atoms with Gasteiger partial charge in [0.2, 0.25) is 0 Å². The molecule has 1 fully saturated rings. The van der Waals surface area contributed by atoms with E-state index in [1.807, 2.05) is 13.8 Å². The predicted molar refractivity (Wildman–Crippen MR) is 65.9 cm³/mol. The van der Waals surface area contributed by atoms with Crippen molar-refractivity contribution >= 4 is 0 Å². The van der Waals surface area contributed by atoms with Crippen LogP contribution in [-0.2, 0) is 4.74 Å². The van der Waals surface area contributed by atoms with Crippen molar-refractivity contribution in [2.75, 3.05) is 19.7 Å². The fraction of sp³-hybridized carbons (Fsp3) is 1.00. The van der Waals surface area contributed by atoms with Crippen LogP contribution >= 0.6 is 0 Å². The fourth-order valence-electron chi connectivity index (χ4n) is 2.07. The number of ether oxygens (including phenoxy) is 1. The summed E-state index contributed by atoms with van der Waals surface area (Å²) < 4.78 is 66.9. The molecule has 0 heterocycles. The van der Waals surface area contributed by atoms with Gasteiger partial charge in [0.25, 0.3) is 0 Å². The summed E-state index contributed by atoms with van der Waals surface area (Å²) in [5.74, 6) is -4.32. The number of nitrogens with one attached hydrogen (secondary N) is 1. The third-order valence-electron chi connectivity index (χ3n) is 3.55. The molecular weight excluding hydrogens is 281 g/mol. The second-order valence-electron chi connectivity index (χ2n) is 5.88. The first-order valence-electron chi connectivity index (χ1n) is 6.87. The Kier molecular flexibility index (Phi) is 5.78. The minimum absolute atomic E-state index is 0.461. The van der Waals surface area contributed by atoms with Crippen LogP contribution in [-0.4, -0.2) is 37.4 Å². The predicted octanol–water partition coefficient (Wildman–Crippen LogP) is 3.76. The monoisotopic (exact) mass is 303 g/mol. The highest BCUT2D eigenvalue weighted by molar-refractivity contribution is 4.91. The zero-order chi connectivity index (χ0) is 15.4. The lowest BCUT2D eigenvalue weighted by molar-refractivity contribution is -0.309. The molecule has 0 unspecified atom stereocenters. The van der Waals surface area contributed by atoms with E-state index in [9.17, 15) is 22.0 Å². The molecule has 0 aromatic rings. The Labute approximate surface area is 116 Å². The summed E-state index contributed by atoms with van der Waals surface area (Å²) in [6, 6.07) is 0. The van der Waals surface area contributed by atoms with Crippen molar-refractivity contribution in [3.63, 3.8) is 0 Å². The van der Waals surface area contributed by atoms with Gasteiger partial charge in [0.15, 0.2) is 0 Å². The van der Waals surface area contributed by atoms with Gasteiger partial charge in [-0.05, 0) is 44.7 Å². The normalized spacial score (nSPS) is 19.2. The van der Waals surface area contributed by atoms with Crippen molar-refractivity contribution in [3.8, 4) is 0 Å². The maximum Gasteiger partial charge on any atom is 0.455 e. The summed E-state index contributed by atoms with van der Waals surface area (Å²) >= 11 is 0. The van der Waals surface area contributed by atoms with Crippen molar-refractivity contribution in [3.05, 3.63) is 0 Å². The third kappa shape index (κ3) is 4.84.